The summed E-state index contributed by atoms with van der Waals surface area (Å²) < 4.78 is 0. The predicted octanol–water partition coefficient (Wildman–Crippen LogP) is 2.22. The molecule has 7 nitrogen and oxygen atoms in total. The van der Waals surface area contributed by atoms with Crippen molar-refractivity contribution in [2.45, 2.75) is 6.42 Å². The Morgan fingerprint density at radius 1 is 1.30 bits per heavy atom. The minimum atomic E-state index is -0.493. The normalized spacial score (nSPS) is 10.1. The quantitative estimate of drug-likeness (QED) is 0.529. The number of non-ortho nitro benzene ring substituents is 1. The van der Waals surface area contributed by atoms with Gasteiger partial charge in [-0.05, 0) is 5.56 Å². The van der Waals surface area contributed by atoms with Gasteiger partial charge in [0.25, 0.3) is 5.69 Å². The van der Waals surface area contributed by atoms with E-state index in [1.165, 1.54) is 36.7 Å². The average molecular weight is 293 g/mol. The molecule has 0 aliphatic rings. The summed E-state index contributed by atoms with van der Waals surface area (Å²) >= 11 is 5.67. The van der Waals surface area contributed by atoms with E-state index in [0.717, 1.165) is 0 Å². The number of anilines is 1. The first-order chi connectivity index (χ1) is 9.54. The van der Waals surface area contributed by atoms with Crippen molar-refractivity contribution in [3.63, 3.8) is 0 Å². The van der Waals surface area contributed by atoms with Crippen molar-refractivity contribution in [2.75, 3.05) is 5.32 Å². The number of nitrogens with one attached hydrogen (secondary N) is 1. The summed E-state index contributed by atoms with van der Waals surface area (Å²) in [6.45, 7) is 0. The Labute approximate surface area is 118 Å². The van der Waals surface area contributed by atoms with Gasteiger partial charge in [0.1, 0.15) is 17.3 Å². The maximum atomic E-state index is 11.8. The van der Waals surface area contributed by atoms with Crippen molar-refractivity contribution < 1.29 is 9.72 Å². The Bertz CT molecular complexity index is 645. The van der Waals surface area contributed by atoms with Gasteiger partial charge in [0.05, 0.1) is 11.3 Å². The monoisotopic (exact) mass is 292 g/mol. The van der Waals surface area contributed by atoms with Crippen LogP contribution in [0.4, 0.5) is 11.5 Å². The van der Waals surface area contributed by atoms with E-state index in [1.54, 1.807) is 0 Å². The number of rotatable bonds is 4. The maximum absolute atomic E-state index is 11.8. The number of benzene rings is 1. The highest BCUT2D eigenvalue weighted by atomic mass is 35.5. The van der Waals surface area contributed by atoms with Gasteiger partial charge in [-0.2, -0.15) is 0 Å². The van der Waals surface area contributed by atoms with Crippen LogP contribution in [0.15, 0.2) is 36.7 Å². The molecule has 8 heteroatoms. The lowest BCUT2D eigenvalue weighted by atomic mass is 10.1. The molecule has 0 spiro atoms. The molecule has 0 aliphatic carbocycles. The number of hydrogen-bond acceptors (Lipinski definition) is 5. The number of nitro groups is 1. The van der Waals surface area contributed by atoms with Crippen LogP contribution < -0.4 is 5.32 Å². The Morgan fingerprint density at radius 2 is 2.00 bits per heavy atom. The number of nitro benzene ring substituents is 1. The van der Waals surface area contributed by atoms with E-state index < -0.39 is 4.92 Å². The molecule has 0 bridgehead atoms. The Morgan fingerprint density at radius 3 is 2.60 bits per heavy atom. The molecule has 2 rings (SSSR count). The van der Waals surface area contributed by atoms with Crippen molar-refractivity contribution in [2.24, 2.45) is 0 Å². The molecule has 0 saturated heterocycles. The summed E-state index contributed by atoms with van der Waals surface area (Å²) in [6, 6.07) is 7.19. The number of amides is 1. The van der Waals surface area contributed by atoms with Crippen molar-refractivity contribution in [3.8, 4) is 0 Å². The molecule has 1 amide bonds. The minimum absolute atomic E-state index is 0.0169. The van der Waals surface area contributed by atoms with Crippen molar-refractivity contribution in [1.29, 1.82) is 0 Å². The number of halogens is 1. The Kier molecular flexibility index (Phi) is 4.21. The third-order valence-electron chi connectivity index (χ3n) is 2.41. The first-order valence-corrected chi connectivity index (χ1v) is 5.93. The standard InChI is InChI=1S/C12H9ClN4O3/c13-10-6-11(15-7-14-10)16-12(18)5-8-1-3-9(4-2-8)17(19)20/h1-4,6-7H,5H2,(H,14,15,16,18). The van der Waals surface area contributed by atoms with Crippen LogP contribution in [0.5, 0.6) is 0 Å². The summed E-state index contributed by atoms with van der Waals surface area (Å²) in [5.74, 6) is 0.00512. The lowest BCUT2D eigenvalue weighted by Gasteiger charge is -2.04. The van der Waals surface area contributed by atoms with Crippen molar-refractivity contribution in [1.82, 2.24) is 9.97 Å². The predicted molar refractivity (Wildman–Crippen MR) is 72.5 cm³/mol. The van der Waals surface area contributed by atoms with Gasteiger partial charge in [0.15, 0.2) is 0 Å². The number of carbonyl (C=O) groups is 1. The molecule has 1 heterocycles. The van der Waals surface area contributed by atoms with Gasteiger partial charge >= 0.3 is 0 Å². The third kappa shape index (κ3) is 3.72. The first kappa shape index (κ1) is 13.9. The highest BCUT2D eigenvalue weighted by Gasteiger charge is 2.08. The molecule has 1 aromatic heterocycles. The van der Waals surface area contributed by atoms with Crippen LogP contribution in [0.25, 0.3) is 0 Å². The van der Waals surface area contributed by atoms with Crippen molar-refractivity contribution >= 4 is 29.0 Å². The second-order valence-electron chi connectivity index (χ2n) is 3.87. The molecule has 0 atom stereocenters. The van der Waals surface area contributed by atoms with Crippen LogP contribution in [-0.2, 0) is 11.2 Å². The van der Waals surface area contributed by atoms with Crippen molar-refractivity contribution in [3.05, 3.63) is 57.5 Å². The van der Waals surface area contributed by atoms with E-state index in [-0.39, 0.29) is 23.2 Å². The van der Waals surface area contributed by atoms with Gasteiger partial charge < -0.3 is 5.32 Å². The molecule has 1 N–H and O–H groups in total. The van der Waals surface area contributed by atoms with Crippen LogP contribution in [0.2, 0.25) is 5.15 Å². The Hall–Kier alpha value is -2.54. The zero-order valence-electron chi connectivity index (χ0n) is 10.1. The van der Waals surface area contributed by atoms with Crippen LogP contribution in [0.1, 0.15) is 5.56 Å². The molecular formula is C12H9ClN4O3. The van der Waals surface area contributed by atoms with E-state index in [9.17, 15) is 14.9 Å². The molecule has 0 radical (unpaired) electrons. The first-order valence-electron chi connectivity index (χ1n) is 5.55. The molecule has 102 valence electrons. The van der Waals surface area contributed by atoms with Crippen LogP contribution >= 0.6 is 11.6 Å². The maximum Gasteiger partial charge on any atom is 0.269 e. The highest BCUT2D eigenvalue weighted by Crippen LogP contribution is 2.13. The molecule has 1 aromatic carbocycles. The summed E-state index contributed by atoms with van der Waals surface area (Å²) in [5, 5.41) is 13.3. The molecule has 0 saturated carbocycles. The topological polar surface area (TPSA) is 98.0 Å². The van der Waals surface area contributed by atoms with Crippen LogP contribution in [-0.4, -0.2) is 20.8 Å². The molecule has 0 aliphatic heterocycles. The van der Waals surface area contributed by atoms with E-state index in [1.807, 2.05) is 0 Å². The number of hydrogen-bond donors (Lipinski definition) is 1. The lowest BCUT2D eigenvalue weighted by molar-refractivity contribution is -0.384. The zero-order valence-corrected chi connectivity index (χ0v) is 10.9. The number of nitrogens with zero attached hydrogens (tertiary/aromatic N) is 3. The average Bonchev–Trinajstić information content (AvgIpc) is 2.39. The third-order valence-corrected chi connectivity index (χ3v) is 2.62. The number of carbonyl (C=O) groups excluding carboxylic acids is 1. The second kappa shape index (κ2) is 6.07. The molecule has 0 fully saturated rings. The minimum Gasteiger partial charge on any atom is -0.310 e. The van der Waals surface area contributed by atoms with Gasteiger partial charge in [-0.15, -0.1) is 0 Å². The SMILES string of the molecule is O=C(Cc1ccc([N+](=O)[O-])cc1)Nc1cc(Cl)ncn1. The smallest absolute Gasteiger partial charge is 0.269 e. The summed E-state index contributed by atoms with van der Waals surface area (Å²) in [6.07, 6.45) is 1.32. The molecule has 20 heavy (non-hydrogen) atoms. The van der Waals surface area contributed by atoms with Crippen LogP contribution in [0.3, 0.4) is 0 Å². The molecular weight excluding hydrogens is 284 g/mol. The fraction of sp³-hybridized carbons (Fsp3) is 0.0833. The van der Waals surface area contributed by atoms with E-state index >= 15 is 0 Å². The van der Waals surface area contributed by atoms with Gasteiger partial charge in [-0.25, -0.2) is 9.97 Å². The molecule has 2 aromatic rings. The zero-order chi connectivity index (χ0) is 14.5. The van der Waals surface area contributed by atoms with Gasteiger partial charge in [0, 0.05) is 18.2 Å². The van der Waals surface area contributed by atoms with Crippen LogP contribution in [0, 0.1) is 10.1 Å². The summed E-state index contributed by atoms with van der Waals surface area (Å²) in [5.41, 5.74) is 0.644. The van der Waals surface area contributed by atoms with E-state index in [0.29, 0.717) is 11.4 Å². The van der Waals surface area contributed by atoms with E-state index in [2.05, 4.69) is 15.3 Å². The molecule has 0 unspecified atom stereocenters. The van der Waals surface area contributed by atoms with Gasteiger partial charge in [-0.3, -0.25) is 14.9 Å². The number of aromatic nitrogens is 2. The fourth-order valence-corrected chi connectivity index (χ4v) is 1.66. The van der Waals surface area contributed by atoms with E-state index in [4.69, 9.17) is 11.6 Å². The fourth-order valence-electron chi connectivity index (χ4n) is 1.51. The largest absolute Gasteiger partial charge is 0.310 e. The Balaban J connectivity index is 1.99. The highest BCUT2D eigenvalue weighted by molar-refractivity contribution is 6.29. The second-order valence-corrected chi connectivity index (χ2v) is 4.26. The summed E-state index contributed by atoms with van der Waals surface area (Å²) in [7, 11) is 0. The lowest BCUT2D eigenvalue weighted by Crippen LogP contribution is -2.15. The van der Waals surface area contributed by atoms with Gasteiger partial charge in [0.2, 0.25) is 5.91 Å². The summed E-state index contributed by atoms with van der Waals surface area (Å²) in [4.78, 5) is 29.3. The van der Waals surface area contributed by atoms with Gasteiger partial charge in [-0.1, -0.05) is 23.7 Å².